The molecule has 0 heterocycles. The van der Waals surface area contributed by atoms with Crippen LogP contribution in [0.5, 0.6) is 0 Å². The first-order chi connectivity index (χ1) is 10.0. The molecule has 1 aliphatic carbocycles. The Labute approximate surface area is 129 Å². The Balaban J connectivity index is 2.83. The Kier molecular flexibility index (Phi) is 7.63. The number of nitrogens with zero attached hydrogens (tertiary/aromatic N) is 1. The highest BCUT2D eigenvalue weighted by molar-refractivity contribution is 5.81. The maximum Gasteiger partial charge on any atom is 0.326 e. The van der Waals surface area contributed by atoms with Crippen molar-refractivity contribution in [3.8, 4) is 0 Å². The van der Waals surface area contributed by atoms with Crippen molar-refractivity contribution in [2.45, 2.75) is 64.1 Å². The Morgan fingerprint density at radius 2 is 2.19 bits per heavy atom. The molecule has 3 unspecified atom stereocenters. The summed E-state index contributed by atoms with van der Waals surface area (Å²) in [5, 5.41) is 3.25. The van der Waals surface area contributed by atoms with Gasteiger partial charge in [0.1, 0.15) is 5.54 Å². The molecule has 1 saturated carbocycles. The number of likely N-dealkylation sites (N-methyl/N-ethyl adjacent to an activating group) is 2. The molecule has 3 atom stereocenters. The SMILES string of the molecule is CCOC(=O)C1(NC)CCCC(N(CC)C(C)COC)C1. The summed E-state index contributed by atoms with van der Waals surface area (Å²) in [7, 11) is 3.61. The fraction of sp³-hybridized carbons (Fsp3) is 0.938. The van der Waals surface area contributed by atoms with Gasteiger partial charge < -0.3 is 14.8 Å². The number of ether oxygens (including phenoxy) is 2. The topological polar surface area (TPSA) is 50.8 Å². The highest BCUT2D eigenvalue weighted by Crippen LogP contribution is 2.33. The van der Waals surface area contributed by atoms with E-state index in [0.29, 0.717) is 18.7 Å². The van der Waals surface area contributed by atoms with E-state index in [1.165, 1.54) is 0 Å². The molecule has 1 rings (SSSR count). The van der Waals surface area contributed by atoms with Gasteiger partial charge in [0.15, 0.2) is 0 Å². The molecule has 0 spiro atoms. The van der Waals surface area contributed by atoms with Crippen molar-refractivity contribution >= 4 is 5.97 Å². The van der Waals surface area contributed by atoms with Crippen LogP contribution in [0.15, 0.2) is 0 Å². The number of hydrogen-bond donors (Lipinski definition) is 1. The van der Waals surface area contributed by atoms with E-state index in [-0.39, 0.29) is 5.97 Å². The number of carbonyl (C=O) groups is 1. The largest absolute Gasteiger partial charge is 0.465 e. The van der Waals surface area contributed by atoms with Gasteiger partial charge >= 0.3 is 5.97 Å². The van der Waals surface area contributed by atoms with Gasteiger partial charge in [-0.2, -0.15) is 0 Å². The summed E-state index contributed by atoms with van der Waals surface area (Å²) in [4.78, 5) is 14.8. The first kappa shape index (κ1) is 18.4. The molecule has 0 aromatic carbocycles. The van der Waals surface area contributed by atoms with Crippen LogP contribution in [0.4, 0.5) is 0 Å². The molecule has 5 heteroatoms. The van der Waals surface area contributed by atoms with Gasteiger partial charge in [-0.05, 0) is 53.1 Å². The molecule has 0 saturated heterocycles. The zero-order chi connectivity index (χ0) is 15.9. The lowest BCUT2D eigenvalue weighted by Crippen LogP contribution is -2.59. The van der Waals surface area contributed by atoms with E-state index in [2.05, 4.69) is 24.1 Å². The third kappa shape index (κ3) is 4.41. The summed E-state index contributed by atoms with van der Waals surface area (Å²) in [6.07, 6.45) is 3.84. The number of hydrogen-bond acceptors (Lipinski definition) is 5. The third-order valence-corrected chi connectivity index (χ3v) is 4.68. The van der Waals surface area contributed by atoms with Gasteiger partial charge in [0.25, 0.3) is 0 Å². The summed E-state index contributed by atoms with van der Waals surface area (Å²) in [5.41, 5.74) is -0.529. The molecule has 21 heavy (non-hydrogen) atoms. The number of esters is 1. The first-order valence-electron chi connectivity index (χ1n) is 8.15. The van der Waals surface area contributed by atoms with Gasteiger partial charge in [-0.15, -0.1) is 0 Å². The molecule has 1 fully saturated rings. The average molecular weight is 300 g/mol. The van der Waals surface area contributed by atoms with E-state index in [9.17, 15) is 4.79 Å². The molecule has 0 aromatic rings. The van der Waals surface area contributed by atoms with Crippen LogP contribution in [-0.4, -0.2) is 62.4 Å². The molecular formula is C16H32N2O3. The van der Waals surface area contributed by atoms with Crippen molar-refractivity contribution in [1.29, 1.82) is 0 Å². The predicted octanol–water partition coefficient (Wildman–Crippen LogP) is 1.81. The van der Waals surface area contributed by atoms with Crippen molar-refractivity contribution in [3.63, 3.8) is 0 Å². The Hall–Kier alpha value is -0.650. The molecule has 1 N–H and O–H groups in total. The van der Waals surface area contributed by atoms with E-state index < -0.39 is 5.54 Å². The van der Waals surface area contributed by atoms with E-state index in [1.807, 2.05) is 14.0 Å². The Morgan fingerprint density at radius 3 is 2.71 bits per heavy atom. The molecule has 124 valence electrons. The molecule has 0 radical (unpaired) electrons. The van der Waals surface area contributed by atoms with Crippen molar-refractivity contribution in [2.24, 2.45) is 0 Å². The fourth-order valence-electron chi connectivity index (χ4n) is 3.58. The highest BCUT2D eigenvalue weighted by atomic mass is 16.5. The van der Waals surface area contributed by atoms with Crippen LogP contribution in [0.1, 0.15) is 46.5 Å². The third-order valence-electron chi connectivity index (χ3n) is 4.68. The second-order valence-electron chi connectivity index (χ2n) is 5.94. The van der Waals surface area contributed by atoms with Crippen LogP contribution in [-0.2, 0) is 14.3 Å². The molecule has 0 aromatic heterocycles. The van der Waals surface area contributed by atoms with Crippen molar-refractivity contribution in [1.82, 2.24) is 10.2 Å². The zero-order valence-corrected chi connectivity index (χ0v) is 14.3. The second kappa shape index (κ2) is 8.71. The van der Waals surface area contributed by atoms with E-state index in [0.717, 1.165) is 38.8 Å². The van der Waals surface area contributed by atoms with Gasteiger partial charge in [0.2, 0.25) is 0 Å². The van der Waals surface area contributed by atoms with E-state index in [4.69, 9.17) is 9.47 Å². The van der Waals surface area contributed by atoms with Crippen LogP contribution in [0, 0.1) is 0 Å². The predicted molar refractivity (Wildman–Crippen MR) is 84.4 cm³/mol. The lowest BCUT2D eigenvalue weighted by Gasteiger charge is -2.44. The molecule has 5 nitrogen and oxygen atoms in total. The summed E-state index contributed by atoms with van der Waals surface area (Å²) in [6, 6.07) is 0.755. The van der Waals surface area contributed by atoms with Crippen LogP contribution in [0.25, 0.3) is 0 Å². The van der Waals surface area contributed by atoms with Crippen LogP contribution < -0.4 is 5.32 Å². The number of nitrogens with one attached hydrogen (secondary N) is 1. The van der Waals surface area contributed by atoms with Gasteiger partial charge in [-0.1, -0.05) is 6.92 Å². The fourth-order valence-corrected chi connectivity index (χ4v) is 3.58. The maximum atomic E-state index is 12.4. The summed E-state index contributed by atoms with van der Waals surface area (Å²) in [6.45, 7) is 8.35. The van der Waals surface area contributed by atoms with E-state index in [1.54, 1.807) is 7.11 Å². The number of carbonyl (C=O) groups excluding carboxylic acids is 1. The van der Waals surface area contributed by atoms with Gasteiger partial charge in [0, 0.05) is 19.2 Å². The minimum absolute atomic E-state index is 0.104. The summed E-state index contributed by atoms with van der Waals surface area (Å²) < 4.78 is 10.6. The normalized spacial score (nSPS) is 27.6. The monoisotopic (exact) mass is 300 g/mol. The van der Waals surface area contributed by atoms with Crippen molar-refractivity contribution in [3.05, 3.63) is 0 Å². The lowest BCUT2D eigenvalue weighted by atomic mass is 9.78. The van der Waals surface area contributed by atoms with Gasteiger partial charge in [-0.3, -0.25) is 9.69 Å². The lowest BCUT2D eigenvalue weighted by molar-refractivity contribution is -0.153. The first-order valence-corrected chi connectivity index (χ1v) is 8.15. The minimum atomic E-state index is -0.529. The zero-order valence-electron chi connectivity index (χ0n) is 14.3. The van der Waals surface area contributed by atoms with Crippen LogP contribution in [0.3, 0.4) is 0 Å². The highest BCUT2D eigenvalue weighted by Gasteiger charge is 2.44. The number of methoxy groups -OCH3 is 1. The van der Waals surface area contributed by atoms with Crippen LogP contribution >= 0.6 is 0 Å². The van der Waals surface area contributed by atoms with E-state index >= 15 is 0 Å². The van der Waals surface area contributed by atoms with Crippen LogP contribution in [0.2, 0.25) is 0 Å². The average Bonchev–Trinajstić information content (AvgIpc) is 2.48. The standard InChI is InChI=1S/C16H32N2O3/c1-6-18(13(3)12-20-5)14-9-8-10-16(11-14,17-4)15(19)21-7-2/h13-14,17H,6-12H2,1-5H3. The molecule has 0 bridgehead atoms. The number of rotatable bonds is 8. The minimum Gasteiger partial charge on any atom is -0.465 e. The smallest absolute Gasteiger partial charge is 0.326 e. The molecular weight excluding hydrogens is 268 g/mol. The summed E-state index contributed by atoms with van der Waals surface area (Å²) in [5.74, 6) is -0.104. The maximum absolute atomic E-state index is 12.4. The van der Waals surface area contributed by atoms with Crippen molar-refractivity contribution in [2.75, 3.05) is 33.9 Å². The second-order valence-corrected chi connectivity index (χ2v) is 5.94. The molecule has 0 aliphatic heterocycles. The Morgan fingerprint density at radius 1 is 1.48 bits per heavy atom. The summed E-state index contributed by atoms with van der Waals surface area (Å²) >= 11 is 0. The van der Waals surface area contributed by atoms with Gasteiger partial charge in [-0.25, -0.2) is 0 Å². The van der Waals surface area contributed by atoms with Gasteiger partial charge in [0.05, 0.1) is 13.2 Å². The quantitative estimate of drug-likeness (QED) is 0.693. The molecule has 1 aliphatic rings. The molecule has 0 amide bonds. The Bertz CT molecular complexity index is 325. The van der Waals surface area contributed by atoms with Crippen molar-refractivity contribution < 1.29 is 14.3 Å².